The number of pyridine rings is 1. The Bertz CT molecular complexity index is 1020. The summed E-state index contributed by atoms with van der Waals surface area (Å²) >= 11 is 0. The number of fused-ring (bicyclic) bond motifs is 1. The highest BCUT2D eigenvalue weighted by Gasteiger charge is 2.28. The number of hydrogen-bond acceptors (Lipinski definition) is 5. The summed E-state index contributed by atoms with van der Waals surface area (Å²) in [4.78, 5) is 32.7. The molecule has 1 aromatic heterocycles. The largest absolute Gasteiger partial charge is 0.444 e. The Hall–Kier alpha value is -3.09. The first-order chi connectivity index (χ1) is 14.7. The molecule has 7 heteroatoms. The number of nitrogens with zero attached hydrogens (tertiary/aromatic N) is 3. The molecule has 0 aliphatic carbocycles. The lowest BCUT2D eigenvalue weighted by Crippen LogP contribution is -2.50. The van der Waals surface area contributed by atoms with E-state index in [0.29, 0.717) is 19.5 Å². The zero-order valence-electron chi connectivity index (χ0n) is 18.5. The lowest BCUT2D eigenvalue weighted by Gasteiger charge is -2.37. The summed E-state index contributed by atoms with van der Waals surface area (Å²) in [5.41, 5.74) is 2.45. The van der Waals surface area contributed by atoms with Crippen LogP contribution in [0.5, 0.6) is 0 Å². The van der Waals surface area contributed by atoms with Gasteiger partial charge in [-0.15, -0.1) is 0 Å². The van der Waals surface area contributed by atoms with Crippen molar-refractivity contribution >= 4 is 28.5 Å². The van der Waals surface area contributed by atoms with Crippen LogP contribution in [-0.2, 0) is 9.53 Å². The number of carbonyl (C=O) groups is 2. The molecule has 3 heterocycles. The first kappa shape index (κ1) is 21.2. The van der Waals surface area contributed by atoms with Gasteiger partial charge in [0.2, 0.25) is 5.91 Å². The van der Waals surface area contributed by atoms with Gasteiger partial charge in [0.15, 0.2) is 0 Å². The topological polar surface area (TPSA) is 74.8 Å². The summed E-state index contributed by atoms with van der Waals surface area (Å²) in [5.74, 6) is 0.0890. The van der Waals surface area contributed by atoms with Crippen molar-refractivity contribution in [3.05, 3.63) is 48.4 Å². The van der Waals surface area contributed by atoms with Gasteiger partial charge < -0.3 is 19.9 Å². The van der Waals surface area contributed by atoms with Crippen molar-refractivity contribution in [2.75, 3.05) is 31.1 Å². The molecule has 1 atom stereocenters. The van der Waals surface area contributed by atoms with Crippen molar-refractivity contribution in [2.45, 2.75) is 45.1 Å². The molecule has 2 aliphatic rings. The summed E-state index contributed by atoms with van der Waals surface area (Å²) in [6.45, 7) is 12.4. The second-order valence-corrected chi connectivity index (χ2v) is 9.22. The number of anilines is 1. The second kappa shape index (κ2) is 8.21. The third-order valence-electron chi connectivity index (χ3n) is 5.84. The molecular formula is C24H30N4O3. The van der Waals surface area contributed by atoms with Gasteiger partial charge in [-0.2, -0.15) is 0 Å². The molecular weight excluding hydrogens is 392 g/mol. The predicted octanol–water partition coefficient (Wildman–Crippen LogP) is 3.80. The van der Waals surface area contributed by atoms with Gasteiger partial charge in [-0.3, -0.25) is 9.78 Å². The van der Waals surface area contributed by atoms with Gasteiger partial charge in [0.25, 0.3) is 0 Å². The number of piperazine rings is 1. The number of piperidine rings is 1. The minimum Gasteiger partial charge on any atom is -0.444 e. The number of rotatable bonds is 2. The van der Waals surface area contributed by atoms with Gasteiger partial charge >= 0.3 is 6.09 Å². The molecule has 31 heavy (non-hydrogen) atoms. The lowest BCUT2D eigenvalue weighted by molar-refractivity contribution is -0.121. The van der Waals surface area contributed by atoms with Gasteiger partial charge in [-0.1, -0.05) is 18.7 Å². The summed E-state index contributed by atoms with van der Waals surface area (Å²) in [6, 6.07) is 6.27. The standard InChI is InChI=1S/C24H30N4O3/c1-16-17(8-9-22(29)26-16)19-14-25-15-20-18(19)6-5-7-21(20)27-10-12-28(13-11-27)23(30)31-24(2,3)4/h5-7,14-15,17H,1,8-13H2,2-4H3,(H,26,29). The molecule has 0 radical (unpaired) electrons. The molecule has 1 unspecified atom stereocenters. The van der Waals surface area contributed by atoms with Crippen LogP contribution in [0.2, 0.25) is 0 Å². The van der Waals surface area contributed by atoms with Gasteiger partial charge in [-0.25, -0.2) is 4.79 Å². The van der Waals surface area contributed by atoms with Crippen molar-refractivity contribution in [2.24, 2.45) is 0 Å². The van der Waals surface area contributed by atoms with E-state index in [0.717, 1.165) is 47.2 Å². The smallest absolute Gasteiger partial charge is 0.410 e. The van der Waals surface area contributed by atoms with Crippen molar-refractivity contribution in [1.29, 1.82) is 0 Å². The molecule has 2 fully saturated rings. The third kappa shape index (κ3) is 4.50. The van der Waals surface area contributed by atoms with E-state index in [4.69, 9.17) is 4.74 Å². The molecule has 2 aromatic rings. The first-order valence-electron chi connectivity index (χ1n) is 10.8. The van der Waals surface area contributed by atoms with Crippen LogP contribution >= 0.6 is 0 Å². The highest BCUT2D eigenvalue weighted by molar-refractivity contribution is 5.96. The molecule has 2 saturated heterocycles. The number of carbonyl (C=O) groups excluding carboxylic acids is 2. The van der Waals surface area contributed by atoms with Crippen molar-refractivity contribution < 1.29 is 14.3 Å². The molecule has 2 amide bonds. The summed E-state index contributed by atoms with van der Waals surface area (Å²) in [6.07, 6.45) is 4.77. The third-order valence-corrected chi connectivity index (χ3v) is 5.84. The molecule has 2 aliphatic heterocycles. The zero-order chi connectivity index (χ0) is 22.2. The number of ether oxygens (including phenoxy) is 1. The molecule has 4 rings (SSSR count). The van der Waals surface area contributed by atoms with Crippen LogP contribution in [-0.4, -0.2) is 53.7 Å². The van der Waals surface area contributed by atoms with E-state index in [1.54, 1.807) is 4.90 Å². The lowest BCUT2D eigenvalue weighted by atomic mass is 9.87. The Morgan fingerprint density at radius 3 is 2.58 bits per heavy atom. The van der Waals surface area contributed by atoms with E-state index in [2.05, 4.69) is 40.0 Å². The van der Waals surface area contributed by atoms with Gasteiger partial charge in [0.1, 0.15) is 5.60 Å². The average Bonchev–Trinajstić information content (AvgIpc) is 2.72. The number of hydrogen-bond donors (Lipinski definition) is 1. The van der Waals surface area contributed by atoms with Gasteiger partial charge in [-0.05, 0) is 44.2 Å². The number of aromatic nitrogens is 1. The predicted molar refractivity (Wildman–Crippen MR) is 121 cm³/mol. The van der Waals surface area contributed by atoms with Crippen LogP contribution in [0.15, 0.2) is 42.9 Å². The van der Waals surface area contributed by atoms with Crippen LogP contribution in [0.25, 0.3) is 10.8 Å². The molecule has 164 valence electrons. The monoisotopic (exact) mass is 422 g/mol. The van der Waals surface area contributed by atoms with Gasteiger partial charge in [0.05, 0.1) is 0 Å². The minimum atomic E-state index is -0.492. The van der Waals surface area contributed by atoms with E-state index in [1.807, 2.05) is 33.2 Å². The maximum Gasteiger partial charge on any atom is 0.410 e. The first-order valence-corrected chi connectivity index (χ1v) is 10.8. The maximum atomic E-state index is 12.4. The van der Waals surface area contributed by atoms with E-state index >= 15 is 0 Å². The van der Waals surface area contributed by atoms with Crippen molar-refractivity contribution in [1.82, 2.24) is 15.2 Å². The van der Waals surface area contributed by atoms with E-state index in [1.165, 1.54) is 0 Å². The second-order valence-electron chi connectivity index (χ2n) is 9.22. The number of amides is 2. The number of nitrogens with one attached hydrogen (secondary N) is 1. The Balaban J connectivity index is 1.55. The number of allylic oxidation sites excluding steroid dienone is 1. The number of benzene rings is 1. The Morgan fingerprint density at radius 2 is 1.90 bits per heavy atom. The molecule has 1 aromatic carbocycles. The van der Waals surface area contributed by atoms with Crippen molar-refractivity contribution in [3.8, 4) is 0 Å². The SMILES string of the molecule is C=C1NC(=O)CCC1c1cncc2c(N3CCN(C(=O)OC(C)(C)C)CC3)cccc12. The highest BCUT2D eigenvalue weighted by Crippen LogP contribution is 2.37. The fraction of sp³-hybridized carbons (Fsp3) is 0.458. The zero-order valence-corrected chi connectivity index (χ0v) is 18.5. The van der Waals surface area contributed by atoms with Crippen LogP contribution < -0.4 is 10.2 Å². The maximum absolute atomic E-state index is 12.4. The Labute approximate surface area is 183 Å². The summed E-state index contributed by atoms with van der Waals surface area (Å²) in [7, 11) is 0. The molecule has 7 nitrogen and oxygen atoms in total. The summed E-state index contributed by atoms with van der Waals surface area (Å²) < 4.78 is 5.51. The fourth-order valence-corrected chi connectivity index (χ4v) is 4.33. The average molecular weight is 423 g/mol. The van der Waals surface area contributed by atoms with Crippen LogP contribution in [0.4, 0.5) is 10.5 Å². The molecule has 0 saturated carbocycles. The quantitative estimate of drug-likeness (QED) is 0.797. The minimum absolute atomic E-state index is 0.0259. The fourth-order valence-electron chi connectivity index (χ4n) is 4.33. The van der Waals surface area contributed by atoms with Gasteiger partial charge in [0, 0.05) is 67.7 Å². The van der Waals surface area contributed by atoms with E-state index < -0.39 is 5.60 Å². The van der Waals surface area contributed by atoms with E-state index in [9.17, 15) is 9.59 Å². The van der Waals surface area contributed by atoms with Crippen LogP contribution in [0.1, 0.15) is 45.1 Å². The van der Waals surface area contributed by atoms with Crippen molar-refractivity contribution in [3.63, 3.8) is 0 Å². The van der Waals surface area contributed by atoms with Crippen LogP contribution in [0.3, 0.4) is 0 Å². The highest BCUT2D eigenvalue weighted by atomic mass is 16.6. The summed E-state index contributed by atoms with van der Waals surface area (Å²) in [5, 5.41) is 5.09. The normalized spacial score (nSPS) is 20.0. The van der Waals surface area contributed by atoms with Crippen LogP contribution in [0, 0.1) is 0 Å². The Kier molecular flexibility index (Phi) is 5.60. The molecule has 0 spiro atoms. The Morgan fingerprint density at radius 1 is 1.16 bits per heavy atom. The molecule has 1 N–H and O–H groups in total. The van der Waals surface area contributed by atoms with E-state index in [-0.39, 0.29) is 17.9 Å². The molecule has 0 bridgehead atoms.